The van der Waals surface area contributed by atoms with Gasteiger partial charge in [-0.1, -0.05) is 13.8 Å². The highest BCUT2D eigenvalue weighted by Gasteiger charge is 2.16. The highest BCUT2D eigenvalue weighted by atomic mass is 15.3. The van der Waals surface area contributed by atoms with Gasteiger partial charge >= 0.3 is 0 Å². The van der Waals surface area contributed by atoms with Gasteiger partial charge in [0.2, 0.25) is 0 Å². The molecule has 106 valence electrons. The minimum Gasteiger partial charge on any atom is -0.384 e. The summed E-state index contributed by atoms with van der Waals surface area (Å²) < 4.78 is 0. The Bertz CT molecular complexity index is 415. The number of nitrogen functional groups attached to an aromatic ring is 1. The Morgan fingerprint density at radius 1 is 1.37 bits per heavy atom. The molecule has 0 radical (unpaired) electrons. The monoisotopic (exact) mass is 264 g/mol. The predicted octanol–water partition coefficient (Wildman–Crippen LogP) is 0.785. The standard InChI is InChI=1S/C13H24N6/c1-10(2)9-19(8-7-18(3)4)13-11(12(14)15)5-6-16-17-13/h5-6,10H,7-9H2,1-4H3,(H3,14,15). The molecule has 3 N–H and O–H groups in total. The molecule has 6 nitrogen and oxygen atoms in total. The van der Waals surface area contributed by atoms with E-state index in [1.54, 1.807) is 12.3 Å². The zero-order valence-electron chi connectivity index (χ0n) is 12.2. The molecule has 1 rings (SSSR count). The van der Waals surface area contributed by atoms with Crippen molar-refractivity contribution >= 4 is 11.7 Å². The van der Waals surface area contributed by atoms with Gasteiger partial charge in [0, 0.05) is 19.6 Å². The third-order valence-corrected chi connectivity index (χ3v) is 2.69. The van der Waals surface area contributed by atoms with Crippen LogP contribution in [0.2, 0.25) is 0 Å². The van der Waals surface area contributed by atoms with Crippen molar-refractivity contribution in [1.29, 1.82) is 5.41 Å². The quantitative estimate of drug-likeness (QED) is 0.562. The molecule has 0 fully saturated rings. The molecular formula is C13H24N6. The number of nitrogens with zero attached hydrogens (tertiary/aromatic N) is 4. The highest BCUT2D eigenvalue weighted by Crippen LogP contribution is 2.17. The topological polar surface area (TPSA) is 82.1 Å². The minimum atomic E-state index is 0.0310. The van der Waals surface area contributed by atoms with Gasteiger partial charge in [0.1, 0.15) is 5.84 Å². The summed E-state index contributed by atoms with van der Waals surface area (Å²) in [5.41, 5.74) is 6.27. The van der Waals surface area contributed by atoms with Crippen LogP contribution in [0.25, 0.3) is 0 Å². The van der Waals surface area contributed by atoms with E-state index in [2.05, 4.69) is 33.8 Å². The van der Waals surface area contributed by atoms with Gasteiger partial charge in [0.15, 0.2) is 5.82 Å². The second-order valence-corrected chi connectivity index (χ2v) is 5.33. The zero-order chi connectivity index (χ0) is 14.4. The third kappa shape index (κ3) is 4.82. The average Bonchev–Trinajstić information content (AvgIpc) is 2.33. The number of likely N-dealkylation sites (N-methyl/N-ethyl adjacent to an activating group) is 1. The van der Waals surface area contributed by atoms with Gasteiger partial charge in [-0.05, 0) is 26.1 Å². The Morgan fingerprint density at radius 3 is 2.58 bits per heavy atom. The normalized spacial score (nSPS) is 11.1. The van der Waals surface area contributed by atoms with E-state index >= 15 is 0 Å². The first-order valence-electron chi connectivity index (χ1n) is 6.47. The first-order chi connectivity index (χ1) is 8.91. The summed E-state index contributed by atoms with van der Waals surface area (Å²) >= 11 is 0. The molecule has 0 aliphatic heterocycles. The summed E-state index contributed by atoms with van der Waals surface area (Å²) in [6.45, 7) is 6.94. The largest absolute Gasteiger partial charge is 0.384 e. The number of rotatable bonds is 7. The lowest BCUT2D eigenvalue weighted by molar-refractivity contribution is 0.408. The number of hydrogen-bond acceptors (Lipinski definition) is 5. The number of amidine groups is 1. The summed E-state index contributed by atoms with van der Waals surface area (Å²) in [4.78, 5) is 4.27. The molecule has 0 saturated carbocycles. The SMILES string of the molecule is CC(C)CN(CCN(C)C)c1nnccc1C(=N)N. The second-order valence-electron chi connectivity index (χ2n) is 5.33. The summed E-state index contributed by atoms with van der Waals surface area (Å²) in [6.07, 6.45) is 1.57. The molecule has 0 aliphatic carbocycles. The Hall–Kier alpha value is -1.69. The third-order valence-electron chi connectivity index (χ3n) is 2.69. The highest BCUT2D eigenvalue weighted by molar-refractivity contribution is 5.99. The lowest BCUT2D eigenvalue weighted by atomic mass is 10.1. The average molecular weight is 264 g/mol. The number of anilines is 1. The minimum absolute atomic E-state index is 0.0310. The summed E-state index contributed by atoms with van der Waals surface area (Å²) in [7, 11) is 4.08. The molecule has 0 saturated heterocycles. The van der Waals surface area contributed by atoms with Crippen LogP contribution in [0.1, 0.15) is 19.4 Å². The van der Waals surface area contributed by atoms with Gasteiger partial charge in [-0.2, -0.15) is 5.10 Å². The van der Waals surface area contributed by atoms with E-state index in [0.717, 1.165) is 19.6 Å². The smallest absolute Gasteiger partial charge is 0.162 e. The molecule has 0 atom stereocenters. The van der Waals surface area contributed by atoms with E-state index < -0.39 is 0 Å². The van der Waals surface area contributed by atoms with Gasteiger partial charge in [-0.25, -0.2) is 0 Å². The van der Waals surface area contributed by atoms with Crippen molar-refractivity contribution in [3.05, 3.63) is 17.8 Å². The van der Waals surface area contributed by atoms with E-state index in [1.807, 2.05) is 14.1 Å². The van der Waals surface area contributed by atoms with E-state index in [0.29, 0.717) is 17.3 Å². The Labute approximate surface area is 115 Å². The van der Waals surface area contributed by atoms with Crippen molar-refractivity contribution in [2.24, 2.45) is 11.7 Å². The van der Waals surface area contributed by atoms with E-state index in [1.165, 1.54) is 0 Å². The van der Waals surface area contributed by atoms with Crippen molar-refractivity contribution in [3.63, 3.8) is 0 Å². The van der Waals surface area contributed by atoms with E-state index in [4.69, 9.17) is 11.1 Å². The molecule has 19 heavy (non-hydrogen) atoms. The van der Waals surface area contributed by atoms with Crippen LogP contribution in [0.5, 0.6) is 0 Å². The van der Waals surface area contributed by atoms with Gasteiger partial charge in [0.25, 0.3) is 0 Å². The van der Waals surface area contributed by atoms with Gasteiger partial charge in [-0.3, -0.25) is 5.41 Å². The van der Waals surface area contributed by atoms with Crippen LogP contribution in [0, 0.1) is 11.3 Å². The van der Waals surface area contributed by atoms with Crippen molar-refractivity contribution < 1.29 is 0 Å². The van der Waals surface area contributed by atoms with Crippen LogP contribution in [0.4, 0.5) is 5.82 Å². The van der Waals surface area contributed by atoms with Crippen molar-refractivity contribution in [1.82, 2.24) is 15.1 Å². The summed E-state index contributed by atoms with van der Waals surface area (Å²) in [5.74, 6) is 1.23. The number of nitrogens with two attached hydrogens (primary N) is 1. The Kier molecular flexibility index (Phi) is 5.69. The first-order valence-corrected chi connectivity index (χ1v) is 6.47. The van der Waals surface area contributed by atoms with E-state index in [-0.39, 0.29) is 5.84 Å². The number of hydrogen-bond donors (Lipinski definition) is 2. The lowest BCUT2D eigenvalue weighted by Crippen LogP contribution is -2.36. The van der Waals surface area contributed by atoms with Crippen molar-refractivity contribution in [3.8, 4) is 0 Å². The van der Waals surface area contributed by atoms with Gasteiger partial charge in [-0.15, -0.1) is 5.10 Å². The van der Waals surface area contributed by atoms with Gasteiger partial charge in [0.05, 0.1) is 11.8 Å². The van der Waals surface area contributed by atoms with Crippen LogP contribution in [0.3, 0.4) is 0 Å². The Morgan fingerprint density at radius 2 is 2.05 bits per heavy atom. The molecule has 1 aromatic heterocycles. The maximum absolute atomic E-state index is 7.64. The molecule has 6 heteroatoms. The summed E-state index contributed by atoms with van der Waals surface area (Å²) in [6, 6.07) is 1.74. The molecule has 0 aliphatic rings. The molecular weight excluding hydrogens is 240 g/mol. The molecule has 0 unspecified atom stereocenters. The number of aromatic nitrogens is 2. The first kappa shape index (κ1) is 15.4. The predicted molar refractivity (Wildman–Crippen MR) is 78.7 cm³/mol. The Balaban J connectivity index is 2.99. The van der Waals surface area contributed by atoms with Crippen LogP contribution in [-0.4, -0.2) is 54.7 Å². The molecule has 1 heterocycles. The fraction of sp³-hybridized carbons (Fsp3) is 0.615. The number of nitrogens with one attached hydrogen (secondary N) is 1. The maximum Gasteiger partial charge on any atom is 0.162 e. The summed E-state index contributed by atoms with van der Waals surface area (Å²) in [5, 5.41) is 15.7. The van der Waals surface area contributed by atoms with Crippen LogP contribution in [0.15, 0.2) is 12.3 Å². The molecule has 0 bridgehead atoms. The molecule has 0 aromatic carbocycles. The second kappa shape index (κ2) is 7.04. The molecule has 1 aromatic rings. The molecule has 0 amide bonds. The van der Waals surface area contributed by atoms with E-state index in [9.17, 15) is 0 Å². The van der Waals surface area contributed by atoms with Gasteiger partial charge < -0.3 is 15.5 Å². The van der Waals surface area contributed by atoms with Crippen LogP contribution in [-0.2, 0) is 0 Å². The van der Waals surface area contributed by atoms with Crippen molar-refractivity contribution in [2.45, 2.75) is 13.8 Å². The van der Waals surface area contributed by atoms with Crippen LogP contribution >= 0.6 is 0 Å². The van der Waals surface area contributed by atoms with Crippen LogP contribution < -0.4 is 10.6 Å². The maximum atomic E-state index is 7.64. The molecule has 0 spiro atoms. The van der Waals surface area contributed by atoms with Crippen molar-refractivity contribution in [2.75, 3.05) is 38.6 Å². The lowest BCUT2D eigenvalue weighted by Gasteiger charge is -2.28. The fourth-order valence-electron chi connectivity index (χ4n) is 1.81. The zero-order valence-corrected chi connectivity index (χ0v) is 12.2. The fourth-order valence-corrected chi connectivity index (χ4v) is 1.81.